The second-order valence-corrected chi connectivity index (χ2v) is 6.78. The van der Waals surface area contributed by atoms with Gasteiger partial charge >= 0.3 is 0 Å². The number of hydrogen-bond donors (Lipinski definition) is 2. The lowest BCUT2D eigenvalue weighted by atomic mass is 9.90. The molecule has 1 aromatic carbocycles. The lowest BCUT2D eigenvalue weighted by Crippen LogP contribution is -2.20. The van der Waals surface area contributed by atoms with Gasteiger partial charge in [0.15, 0.2) is 0 Å². The summed E-state index contributed by atoms with van der Waals surface area (Å²) >= 11 is 19.3. The number of hydrogen-bond acceptors (Lipinski definition) is 3. The van der Waals surface area contributed by atoms with Crippen molar-refractivity contribution in [1.82, 2.24) is 0 Å². The van der Waals surface area contributed by atoms with Crippen LogP contribution in [0.5, 0.6) is 0 Å². The highest BCUT2D eigenvalue weighted by molar-refractivity contribution is 7.20. The first-order valence-electron chi connectivity index (χ1n) is 5.62. The van der Waals surface area contributed by atoms with E-state index in [2.05, 4.69) is 0 Å². The van der Waals surface area contributed by atoms with Crippen molar-refractivity contribution in [3.63, 3.8) is 0 Å². The van der Waals surface area contributed by atoms with Crippen molar-refractivity contribution < 1.29 is 5.11 Å². The molecule has 19 heavy (non-hydrogen) atoms. The first-order valence-corrected chi connectivity index (χ1v) is 7.57. The lowest BCUT2D eigenvalue weighted by molar-refractivity contribution is 0.148. The van der Waals surface area contributed by atoms with Crippen LogP contribution in [0.3, 0.4) is 0 Å². The van der Waals surface area contributed by atoms with E-state index in [4.69, 9.17) is 40.5 Å². The minimum atomic E-state index is -0.832. The zero-order valence-corrected chi connectivity index (χ0v) is 12.9. The molecule has 0 fully saturated rings. The Balaban J connectivity index is 2.37. The minimum absolute atomic E-state index is 0.259. The Morgan fingerprint density at radius 1 is 1.16 bits per heavy atom. The molecule has 6 heteroatoms. The number of aliphatic hydroxyl groups excluding tert-OH is 1. The maximum Gasteiger partial charge on any atom is 0.100 e. The topological polar surface area (TPSA) is 46.2 Å². The van der Waals surface area contributed by atoms with Crippen molar-refractivity contribution in [2.45, 2.75) is 12.0 Å². The normalized spacial score (nSPS) is 14.4. The summed E-state index contributed by atoms with van der Waals surface area (Å²) in [4.78, 5) is 0. The average molecular weight is 337 g/mol. The van der Waals surface area contributed by atoms with Crippen LogP contribution >= 0.6 is 46.1 Å². The third kappa shape index (κ3) is 3.24. The van der Waals surface area contributed by atoms with Crippen molar-refractivity contribution >= 4 is 46.1 Å². The van der Waals surface area contributed by atoms with Crippen LogP contribution in [0.25, 0.3) is 0 Å². The number of halogens is 3. The maximum atomic E-state index is 10.5. The van der Waals surface area contributed by atoms with E-state index >= 15 is 0 Å². The Labute approximate surface area is 130 Å². The molecule has 2 nitrogen and oxygen atoms in total. The lowest BCUT2D eigenvalue weighted by Gasteiger charge is -2.22. The molecule has 3 N–H and O–H groups in total. The zero-order valence-electron chi connectivity index (χ0n) is 9.82. The zero-order chi connectivity index (χ0) is 14.0. The summed E-state index contributed by atoms with van der Waals surface area (Å²) < 4.78 is 1.01. The Kier molecular flexibility index (Phi) is 5.12. The fraction of sp³-hybridized carbons (Fsp3) is 0.231. The molecule has 2 aromatic rings. The van der Waals surface area contributed by atoms with Gasteiger partial charge in [-0.05, 0) is 17.7 Å². The van der Waals surface area contributed by atoms with Crippen molar-refractivity contribution in [1.29, 1.82) is 0 Å². The van der Waals surface area contributed by atoms with Crippen LogP contribution in [0.15, 0.2) is 30.3 Å². The van der Waals surface area contributed by atoms with E-state index in [0.717, 1.165) is 5.56 Å². The Morgan fingerprint density at radius 3 is 2.37 bits per heavy atom. The molecule has 0 radical (unpaired) electrons. The quantitative estimate of drug-likeness (QED) is 0.864. The van der Waals surface area contributed by atoms with Crippen molar-refractivity contribution in [3.8, 4) is 0 Å². The van der Waals surface area contributed by atoms with Gasteiger partial charge in [-0.25, -0.2) is 0 Å². The van der Waals surface area contributed by atoms with Gasteiger partial charge in [-0.15, -0.1) is 11.3 Å². The molecule has 0 saturated heterocycles. The summed E-state index contributed by atoms with van der Waals surface area (Å²) in [5.41, 5.74) is 7.17. The first-order chi connectivity index (χ1) is 9.04. The van der Waals surface area contributed by atoms with Gasteiger partial charge in [-0.2, -0.15) is 0 Å². The molecule has 0 bridgehead atoms. The molecular weight excluding hydrogens is 325 g/mol. The van der Waals surface area contributed by atoms with E-state index in [1.807, 2.05) is 18.2 Å². The molecule has 0 aliphatic heterocycles. The SMILES string of the molecule is NCC(c1ccccc1Cl)C(O)c1cc(Cl)sc1Cl. The summed E-state index contributed by atoms with van der Waals surface area (Å²) in [6.45, 7) is 0.259. The van der Waals surface area contributed by atoms with Gasteiger partial charge in [0.2, 0.25) is 0 Å². The van der Waals surface area contributed by atoms with Crippen LogP contribution in [0.2, 0.25) is 13.7 Å². The molecule has 0 aliphatic carbocycles. The van der Waals surface area contributed by atoms with E-state index < -0.39 is 6.10 Å². The van der Waals surface area contributed by atoms with E-state index in [9.17, 15) is 5.11 Å². The molecule has 0 aliphatic rings. The van der Waals surface area contributed by atoms with Crippen molar-refractivity contribution in [2.24, 2.45) is 5.73 Å². The van der Waals surface area contributed by atoms with Crippen LogP contribution in [0.1, 0.15) is 23.1 Å². The molecule has 0 saturated carbocycles. The van der Waals surface area contributed by atoms with Crippen molar-refractivity contribution in [2.75, 3.05) is 6.54 Å². The molecule has 2 rings (SSSR count). The van der Waals surface area contributed by atoms with E-state index in [-0.39, 0.29) is 12.5 Å². The van der Waals surface area contributed by atoms with Gasteiger partial charge in [-0.3, -0.25) is 0 Å². The second kappa shape index (κ2) is 6.44. The van der Waals surface area contributed by atoms with Gasteiger partial charge < -0.3 is 10.8 Å². The number of rotatable bonds is 4. The van der Waals surface area contributed by atoms with E-state index in [0.29, 0.717) is 19.3 Å². The van der Waals surface area contributed by atoms with Crippen LogP contribution in [0, 0.1) is 0 Å². The largest absolute Gasteiger partial charge is 0.388 e. The monoisotopic (exact) mass is 335 g/mol. The highest BCUT2D eigenvalue weighted by atomic mass is 35.5. The predicted octanol–water partition coefficient (Wildman–Crippen LogP) is 4.48. The molecule has 2 unspecified atom stereocenters. The Morgan fingerprint density at radius 2 is 1.84 bits per heavy atom. The van der Waals surface area contributed by atoms with Crippen LogP contribution in [-0.2, 0) is 0 Å². The minimum Gasteiger partial charge on any atom is -0.388 e. The van der Waals surface area contributed by atoms with Crippen LogP contribution < -0.4 is 5.73 Å². The average Bonchev–Trinajstić information content (AvgIpc) is 2.71. The summed E-state index contributed by atoms with van der Waals surface area (Å²) in [6.07, 6.45) is -0.832. The predicted molar refractivity (Wildman–Crippen MR) is 82.5 cm³/mol. The molecule has 1 aromatic heterocycles. The fourth-order valence-electron chi connectivity index (χ4n) is 1.97. The maximum absolute atomic E-state index is 10.5. The van der Waals surface area contributed by atoms with Crippen molar-refractivity contribution in [3.05, 3.63) is 55.2 Å². The van der Waals surface area contributed by atoms with Gasteiger partial charge in [0.25, 0.3) is 0 Å². The summed E-state index contributed by atoms with van der Waals surface area (Å²) in [6, 6.07) is 8.98. The van der Waals surface area contributed by atoms with Gasteiger partial charge in [0.1, 0.15) is 4.34 Å². The molecule has 0 spiro atoms. The summed E-state index contributed by atoms with van der Waals surface area (Å²) in [5, 5.41) is 11.1. The summed E-state index contributed by atoms with van der Waals surface area (Å²) in [5.74, 6) is -0.322. The molecular formula is C13H12Cl3NOS. The number of nitrogens with two attached hydrogens (primary N) is 1. The van der Waals surface area contributed by atoms with Gasteiger partial charge in [0, 0.05) is 23.0 Å². The molecule has 0 amide bonds. The Bertz CT molecular complexity index is 573. The first kappa shape index (κ1) is 15.1. The Hall–Kier alpha value is -0.290. The highest BCUT2D eigenvalue weighted by Gasteiger charge is 2.26. The van der Waals surface area contributed by atoms with Crippen LogP contribution in [-0.4, -0.2) is 11.7 Å². The smallest absolute Gasteiger partial charge is 0.100 e. The molecule has 2 atom stereocenters. The number of thiophene rings is 1. The number of aliphatic hydroxyl groups is 1. The standard InChI is InChI=1S/C13H12Cl3NOS/c14-10-4-2-1-3-7(10)9(6-17)12(18)8-5-11(15)19-13(8)16/h1-5,9,12,18H,6,17H2. The fourth-order valence-corrected chi connectivity index (χ4v) is 3.79. The molecule has 1 heterocycles. The third-order valence-electron chi connectivity index (χ3n) is 2.94. The third-order valence-corrected chi connectivity index (χ3v) is 4.80. The second-order valence-electron chi connectivity index (χ2n) is 4.09. The van der Waals surface area contributed by atoms with E-state index in [1.165, 1.54) is 11.3 Å². The number of benzene rings is 1. The van der Waals surface area contributed by atoms with Gasteiger partial charge in [-0.1, -0.05) is 53.0 Å². The summed E-state index contributed by atoms with van der Waals surface area (Å²) in [7, 11) is 0. The van der Waals surface area contributed by atoms with Gasteiger partial charge in [0.05, 0.1) is 10.4 Å². The van der Waals surface area contributed by atoms with E-state index in [1.54, 1.807) is 12.1 Å². The molecule has 102 valence electrons. The van der Waals surface area contributed by atoms with Crippen LogP contribution in [0.4, 0.5) is 0 Å². The highest BCUT2D eigenvalue weighted by Crippen LogP contribution is 2.41.